The highest BCUT2D eigenvalue weighted by Crippen LogP contribution is 2.17. The highest BCUT2D eigenvalue weighted by atomic mass is 127. The van der Waals surface area contributed by atoms with Crippen LogP contribution in [0.25, 0.3) is 0 Å². The van der Waals surface area contributed by atoms with Crippen LogP contribution in [0.5, 0.6) is 0 Å². The second-order valence-electron chi connectivity index (χ2n) is 10.1. The molecule has 4 aromatic carbocycles. The van der Waals surface area contributed by atoms with Crippen molar-refractivity contribution in [3.05, 3.63) is 124 Å². The standard InChI is InChI=1S/C19H15IN4.C14H22O3S/c20-16-11-13-18(14-12-16)24-22-19(15-7-3-1-4-8-15)21-23(24)17-9-5-2-6-10-17;1-2-3-4-5-6-7-8-13-9-11-14(12-10-13)18(15,16)17/h1-14H,(H,21,22);9-12H,2-8H2,1H3,(H,15,16,17). The minimum atomic E-state index is -4.31. The van der Waals surface area contributed by atoms with Gasteiger partial charge in [-0.1, -0.05) is 110 Å². The Morgan fingerprint density at radius 1 is 0.786 bits per heavy atom. The number of quaternary nitrogens is 1. The second kappa shape index (κ2) is 15.8. The van der Waals surface area contributed by atoms with Gasteiger partial charge in [-0.2, -0.15) is 0 Å². The van der Waals surface area contributed by atoms with E-state index in [0.29, 0.717) is 0 Å². The van der Waals surface area contributed by atoms with Gasteiger partial charge >= 0.3 is 0 Å². The van der Waals surface area contributed by atoms with Crippen molar-refractivity contribution in [2.24, 2.45) is 5.10 Å². The number of nitrogens with one attached hydrogen (secondary N) is 2. The predicted molar refractivity (Wildman–Crippen MR) is 176 cm³/mol. The average molecular weight is 697 g/mol. The maximum absolute atomic E-state index is 10.7. The number of hydrazine groups is 1. The number of benzene rings is 4. The van der Waals surface area contributed by atoms with Gasteiger partial charge in [0.25, 0.3) is 0 Å². The van der Waals surface area contributed by atoms with E-state index in [-0.39, 0.29) is 4.90 Å². The largest absolute Gasteiger partial charge is 0.744 e. The van der Waals surface area contributed by atoms with Crippen LogP contribution >= 0.6 is 22.6 Å². The van der Waals surface area contributed by atoms with Gasteiger partial charge in [-0.25, -0.2) is 13.8 Å². The van der Waals surface area contributed by atoms with E-state index in [9.17, 15) is 13.0 Å². The molecule has 0 spiro atoms. The van der Waals surface area contributed by atoms with Crippen molar-refractivity contribution >= 4 is 49.9 Å². The van der Waals surface area contributed by atoms with E-state index in [1.807, 2.05) is 41.5 Å². The summed E-state index contributed by atoms with van der Waals surface area (Å²) in [5.74, 6) is 0.855. The molecule has 0 fully saturated rings. The van der Waals surface area contributed by atoms with Crippen molar-refractivity contribution in [3.63, 3.8) is 0 Å². The Bertz CT molecular complexity index is 1520. The average Bonchev–Trinajstić information content (AvgIpc) is 3.46. The number of halogens is 1. The number of unbranched alkanes of at least 4 members (excludes halogenated alkanes) is 5. The molecule has 0 aliphatic carbocycles. The summed E-state index contributed by atoms with van der Waals surface area (Å²) in [6.07, 6.45) is 8.39. The molecule has 0 saturated carbocycles. The number of nitrogens with zero attached hydrogens (tertiary/aromatic N) is 2. The van der Waals surface area contributed by atoms with Crippen LogP contribution < -0.4 is 15.7 Å². The molecular weight excluding hydrogens is 659 g/mol. The molecule has 1 heterocycles. The molecule has 42 heavy (non-hydrogen) atoms. The van der Waals surface area contributed by atoms with E-state index >= 15 is 0 Å². The Balaban J connectivity index is 0.000000202. The molecule has 2 N–H and O–H groups in total. The Kier molecular flexibility index (Phi) is 11.9. The minimum absolute atomic E-state index is 0.144. The summed E-state index contributed by atoms with van der Waals surface area (Å²) in [5, 5.41) is 7.79. The third kappa shape index (κ3) is 9.38. The predicted octanol–water partition coefficient (Wildman–Crippen LogP) is 6.60. The molecule has 7 nitrogen and oxygen atoms in total. The molecule has 5 rings (SSSR count). The maximum atomic E-state index is 10.7. The van der Waals surface area contributed by atoms with Crippen molar-refractivity contribution < 1.29 is 18.1 Å². The van der Waals surface area contributed by atoms with Gasteiger partial charge in [0.05, 0.1) is 4.90 Å². The molecule has 1 unspecified atom stereocenters. The number of hydrogen-bond donors (Lipinski definition) is 2. The molecule has 0 amide bonds. The molecular formula is C33H37IN4O3S. The minimum Gasteiger partial charge on any atom is -0.744 e. The summed E-state index contributed by atoms with van der Waals surface area (Å²) in [7, 11) is -4.31. The monoisotopic (exact) mass is 696 g/mol. The Hall–Kier alpha value is -3.25. The van der Waals surface area contributed by atoms with Gasteiger partial charge < -0.3 is 4.55 Å². The van der Waals surface area contributed by atoms with Gasteiger partial charge in [-0.15, -0.1) is 0 Å². The summed E-state index contributed by atoms with van der Waals surface area (Å²) in [4.78, 5) is -0.144. The number of rotatable bonds is 11. The van der Waals surface area contributed by atoms with E-state index in [1.54, 1.807) is 12.1 Å². The molecule has 1 aliphatic rings. The van der Waals surface area contributed by atoms with E-state index in [0.717, 1.165) is 46.3 Å². The van der Waals surface area contributed by atoms with Crippen LogP contribution in [-0.4, -0.2) is 18.8 Å². The zero-order chi connectivity index (χ0) is 29.8. The van der Waals surface area contributed by atoms with E-state index in [2.05, 4.69) is 83.5 Å². The first kappa shape index (κ1) is 31.7. The molecule has 0 aromatic heterocycles. The Morgan fingerprint density at radius 2 is 1.38 bits per heavy atom. The van der Waals surface area contributed by atoms with Crippen LogP contribution in [0, 0.1) is 3.57 Å². The van der Waals surface area contributed by atoms with Crippen LogP contribution in [0.2, 0.25) is 0 Å². The first-order valence-electron chi connectivity index (χ1n) is 14.3. The lowest BCUT2D eigenvalue weighted by Gasteiger charge is -2.21. The zero-order valence-corrected chi connectivity index (χ0v) is 26.7. The van der Waals surface area contributed by atoms with Crippen LogP contribution in [-0.2, 0) is 16.5 Å². The van der Waals surface area contributed by atoms with Crippen molar-refractivity contribution in [3.8, 4) is 0 Å². The molecule has 1 atom stereocenters. The second-order valence-corrected chi connectivity index (χ2v) is 12.7. The van der Waals surface area contributed by atoms with E-state index < -0.39 is 10.1 Å². The highest BCUT2D eigenvalue weighted by molar-refractivity contribution is 14.1. The molecule has 4 aromatic rings. The van der Waals surface area contributed by atoms with Gasteiger partial charge in [0.15, 0.2) is 5.69 Å². The number of anilines is 1. The van der Waals surface area contributed by atoms with Gasteiger partial charge in [-0.3, -0.25) is 0 Å². The first-order chi connectivity index (χ1) is 20.3. The van der Waals surface area contributed by atoms with E-state index in [4.69, 9.17) is 5.10 Å². The Morgan fingerprint density at radius 3 is 2.00 bits per heavy atom. The molecule has 0 bridgehead atoms. The van der Waals surface area contributed by atoms with Crippen LogP contribution in [0.4, 0.5) is 11.4 Å². The van der Waals surface area contributed by atoms with Crippen molar-refractivity contribution in [1.29, 1.82) is 0 Å². The number of amidine groups is 1. The molecule has 0 radical (unpaired) electrons. The Labute approximate surface area is 263 Å². The normalized spacial score (nSPS) is 14.5. The topological polar surface area (TPSA) is 89.3 Å². The summed E-state index contributed by atoms with van der Waals surface area (Å²) < 4.78 is 33.5. The lowest BCUT2D eigenvalue weighted by atomic mass is 10.1. The lowest BCUT2D eigenvalue weighted by molar-refractivity contribution is -0.846. The highest BCUT2D eigenvalue weighted by Gasteiger charge is 2.31. The summed E-state index contributed by atoms with van der Waals surface area (Å²) in [6, 6.07) is 35.1. The first-order valence-corrected chi connectivity index (χ1v) is 16.8. The fraction of sp³-hybridized carbons (Fsp3) is 0.242. The quantitative estimate of drug-likeness (QED) is 0.105. The van der Waals surface area contributed by atoms with Crippen molar-refractivity contribution in [1.82, 2.24) is 5.43 Å². The fourth-order valence-corrected chi connectivity index (χ4v) is 5.38. The SMILES string of the molecule is CCCCCCCCc1ccc(S(=O)(=O)[O-])cc1.Ic1ccc(N2NC(c3ccccc3)=N[NH+]2c2ccccc2)cc1. The van der Waals surface area contributed by atoms with Crippen molar-refractivity contribution in [2.45, 2.75) is 56.8 Å². The van der Waals surface area contributed by atoms with Crippen LogP contribution in [0.1, 0.15) is 56.6 Å². The summed E-state index contributed by atoms with van der Waals surface area (Å²) in [5.41, 5.74) is 7.74. The third-order valence-corrected chi connectivity index (χ3v) is 8.41. The van der Waals surface area contributed by atoms with E-state index in [1.165, 1.54) is 47.8 Å². The van der Waals surface area contributed by atoms with Gasteiger partial charge in [0.1, 0.15) is 15.8 Å². The van der Waals surface area contributed by atoms with Crippen molar-refractivity contribution in [2.75, 3.05) is 5.12 Å². The van der Waals surface area contributed by atoms with Crippen LogP contribution in [0.3, 0.4) is 0 Å². The smallest absolute Gasteiger partial charge is 0.215 e. The van der Waals surface area contributed by atoms with Gasteiger partial charge in [0.2, 0.25) is 5.84 Å². The van der Waals surface area contributed by atoms with Gasteiger partial charge in [0, 0.05) is 21.3 Å². The number of aryl methyl sites for hydroxylation is 1. The lowest BCUT2D eigenvalue weighted by Crippen LogP contribution is -3.10. The summed E-state index contributed by atoms with van der Waals surface area (Å²) >= 11 is 2.32. The fourth-order valence-electron chi connectivity index (χ4n) is 4.55. The molecule has 9 heteroatoms. The third-order valence-electron chi connectivity index (χ3n) is 6.84. The van der Waals surface area contributed by atoms with Crippen LogP contribution in [0.15, 0.2) is 119 Å². The molecule has 220 valence electrons. The molecule has 0 saturated heterocycles. The number of hydrogen-bond acceptors (Lipinski definition) is 6. The zero-order valence-electron chi connectivity index (χ0n) is 23.7. The summed E-state index contributed by atoms with van der Waals surface area (Å²) in [6.45, 7) is 2.20. The van der Waals surface area contributed by atoms with Gasteiger partial charge in [-0.05, 0) is 82.5 Å². The maximum Gasteiger partial charge on any atom is 0.215 e. The molecule has 1 aliphatic heterocycles.